The molecular weight excluding hydrogens is 375 g/mol. The Bertz CT molecular complexity index is 715. The van der Waals surface area contributed by atoms with Crippen molar-refractivity contribution in [1.29, 1.82) is 0 Å². The quantitative estimate of drug-likeness (QED) is 0.837. The molecular formula is C15H11BrCl2N2O. The van der Waals surface area contributed by atoms with E-state index in [-0.39, 0.29) is 5.91 Å². The second kappa shape index (κ2) is 5.61. The van der Waals surface area contributed by atoms with Gasteiger partial charge in [-0.2, -0.15) is 0 Å². The van der Waals surface area contributed by atoms with Crippen LogP contribution in [0.15, 0.2) is 40.9 Å². The molecule has 21 heavy (non-hydrogen) atoms. The van der Waals surface area contributed by atoms with E-state index in [1.807, 2.05) is 18.2 Å². The van der Waals surface area contributed by atoms with E-state index in [0.717, 1.165) is 15.7 Å². The first-order valence-corrected chi connectivity index (χ1v) is 7.83. The van der Waals surface area contributed by atoms with Gasteiger partial charge in [0.25, 0.3) is 0 Å². The molecule has 2 N–H and O–H groups in total. The maximum atomic E-state index is 12.4. The standard InChI is InChI=1S/C15H11BrCl2N2O/c16-8-4-5-9-13(6-8)20(15(21)14(9)19)7-10-11(17)2-1-3-12(10)18/h1-6,14H,7,19H2. The first-order chi connectivity index (χ1) is 9.99. The van der Waals surface area contributed by atoms with Crippen LogP contribution in [-0.4, -0.2) is 5.91 Å². The topological polar surface area (TPSA) is 46.3 Å². The largest absolute Gasteiger partial charge is 0.316 e. The summed E-state index contributed by atoms with van der Waals surface area (Å²) in [5.41, 5.74) is 8.31. The van der Waals surface area contributed by atoms with Crippen molar-refractivity contribution in [3.05, 3.63) is 62.0 Å². The second-order valence-corrected chi connectivity index (χ2v) is 6.54. The van der Waals surface area contributed by atoms with Gasteiger partial charge in [0, 0.05) is 25.6 Å². The second-order valence-electron chi connectivity index (χ2n) is 4.81. The van der Waals surface area contributed by atoms with Gasteiger partial charge < -0.3 is 10.6 Å². The maximum Gasteiger partial charge on any atom is 0.248 e. The van der Waals surface area contributed by atoms with E-state index in [9.17, 15) is 4.79 Å². The predicted octanol–water partition coefficient (Wildman–Crippen LogP) is 4.30. The van der Waals surface area contributed by atoms with Crippen molar-refractivity contribution >= 4 is 50.7 Å². The van der Waals surface area contributed by atoms with Crippen molar-refractivity contribution in [1.82, 2.24) is 0 Å². The molecule has 0 saturated carbocycles. The highest BCUT2D eigenvalue weighted by Crippen LogP contribution is 2.38. The molecule has 3 nitrogen and oxygen atoms in total. The third-order valence-electron chi connectivity index (χ3n) is 3.53. The normalized spacial score (nSPS) is 17.2. The molecule has 0 fully saturated rings. The molecule has 1 atom stereocenters. The molecule has 0 saturated heterocycles. The van der Waals surface area contributed by atoms with Gasteiger partial charge in [-0.15, -0.1) is 0 Å². The Hall–Kier alpha value is -1.07. The number of nitrogens with zero attached hydrogens (tertiary/aromatic N) is 1. The lowest BCUT2D eigenvalue weighted by Gasteiger charge is -2.19. The van der Waals surface area contributed by atoms with Crippen LogP contribution in [0.5, 0.6) is 0 Å². The number of benzene rings is 2. The highest BCUT2D eigenvalue weighted by molar-refractivity contribution is 9.10. The minimum atomic E-state index is -0.644. The molecule has 2 aromatic carbocycles. The fraction of sp³-hybridized carbons (Fsp3) is 0.133. The monoisotopic (exact) mass is 384 g/mol. The Morgan fingerprint density at radius 2 is 1.86 bits per heavy atom. The fourth-order valence-electron chi connectivity index (χ4n) is 2.44. The van der Waals surface area contributed by atoms with Gasteiger partial charge in [-0.1, -0.05) is 51.3 Å². The van der Waals surface area contributed by atoms with Crippen LogP contribution in [-0.2, 0) is 11.3 Å². The minimum Gasteiger partial charge on any atom is -0.316 e. The van der Waals surface area contributed by atoms with Gasteiger partial charge in [0.15, 0.2) is 0 Å². The van der Waals surface area contributed by atoms with E-state index in [1.165, 1.54) is 0 Å². The highest BCUT2D eigenvalue weighted by atomic mass is 79.9. The lowest BCUT2D eigenvalue weighted by atomic mass is 10.1. The zero-order chi connectivity index (χ0) is 15.1. The molecule has 0 radical (unpaired) electrons. The molecule has 0 aromatic heterocycles. The first kappa shape index (κ1) is 14.9. The van der Waals surface area contributed by atoms with Crippen molar-refractivity contribution in [2.75, 3.05) is 4.90 Å². The molecule has 1 unspecified atom stereocenters. The number of amides is 1. The smallest absolute Gasteiger partial charge is 0.248 e. The number of nitrogens with two attached hydrogens (primary N) is 1. The zero-order valence-electron chi connectivity index (χ0n) is 10.8. The summed E-state index contributed by atoms with van der Waals surface area (Å²) in [6.45, 7) is 0.300. The average molecular weight is 386 g/mol. The van der Waals surface area contributed by atoms with Gasteiger partial charge in [-0.25, -0.2) is 0 Å². The summed E-state index contributed by atoms with van der Waals surface area (Å²) in [6.07, 6.45) is 0. The van der Waals surface area contributed by atoms with E-state index in [2.05, 4.69) is 15.9 Å². The van der Waals surface area contributed by atoms with Crippen LogP contribution in [0.4, 0.5) is 5.69 Å². The van der Waals surface area contributed by atoms with Gasteiger partial charge >= 0.3 is 0 Å². The number of carbonyl (C=O) groups is 1. The lowest BCUT2D eigenvalue weighted by Crippen LogP contribution is -2.31. The van der Waals surface area contributed by atoms with Crippen LogP contribution in [0.3, 0.4) is 0 Å². The maximum absolute atomic E-state index is 12.4. The highest BCUT2D eigenvalue weighted by Gasteiger charge is 2.35. The van der Waals surface area contributed by atoms with Crippen LogP contribution < -0.4 is 10.6 Å². The fourth-order valence-corrected chi connectivity index (χ4v) is 3.30. The number of rotatable bonds is 2. The van der Waals surface area contributed by atoms with Crippen LogP contribution in [0.25, 0.3) is 0 Å². The Labute approximate surface area is 140 Å². The summed E-state index contributed by atoms with van der Waals surface area (Å²) in [6, 6.07) is 10.3. The zero-order valence-corrected chi connectivity index (χ0v) is 13.9. The number of hydrogen-bond donors (Lipinski definition) is 1. The van der Waals surface area contributed by atoms with Crippen molar-refractivity contribution < 1.29 is 4.79 Å². The van der Waals surface area contributed by atoms with Crippen LogP contribution in [0.2, 0.25) is 10.0 Å². The van der Waals surface area contributed by atoms with Crippen molar-refractivity contribution in [2.24, 2.45) is 5.73 Å². The van der Waals surface area contributed by atoms with E-state index in [1.54, 1.807) is 23.1 Å². The van der Waals surface area contributed by atoms with Crippen LogP contribution in [0.1, 0.15) is 17.2 Å². The molecule has 1 amide bonds. The minimum absolute atomic E-state index is 0.154. The number of hydrogen-bond acceptors (Lipinski definition) is 2. The molecule has 0 aliphatic carbocycles. The predicted molar refractivity (Wildman–Crippen MR) is 88.7 cm³/mol. The van der Waals surface area contributed by atoms with Crippen LogP contribution >= 0.6 is 39.1 Å². The summed E-state index contributed by atoms with van der Waals surface area (Å²) in [7, 11) is 0. The van der Waals surface area contributed by atoms with Crippen molar-refractivity contribution in [3.8, 4) is 0 Å². The summed E-state index contributed by atoms with van der Waals surface area (Å²) in [5.74, 6) is -0.154. The van der Waals surface area contributed by atoms with Gasteiger partial charge in [0.1, 0.15) is 6.04 Å². The number of anilines is 1. The van der Waals surface area contributed by atoms with Gasteiger partial charge in [-0.3, -0.25) is 4.79 Å². The SMILES string of the molecule is NC1C(=O)N(Cc2c(Cl)cccc2Cl)c2cc(Br)ccc21. The molecule has 6 heteroatoms. The summed E-state index contributed by atoms with van der Waals surface area (Å²) in [5, 5.41) is 1.07. The van der Waals surface area contributed by atoms with E-state index < -0.39 is 6.04 Å². The molecule has 1 aliphatic rings. The van der Waals surface area contributed by atoms with Crippen LogP contribution in [0, 0.1) is 0 Å². The molecule has 2 aromatic rings. The Morgan fingerprint density at radius 3 is 2.52 bits per heavy atom. The Balaban J connectivity index is 2.04. The summed E-state index contributed by atoms with van der Waals surface area (Å²) in [4.78, 5) is 14.0. The van der Waals surface area contributed by atoms with Crippen molar-refractivity contribution in [3.63, 3.8) is 0 Å². The summed E-state index contributed by atoms with van der Waals surface area (Å²) >= 11 is 15.8. The molecule has 3 rings (SSSR count). The first-order valence-electron chi connectivity index (χ1n) is 6.28. The lowest BCUT2D eigenvalue weighted by molar-refractivity contribution is -0.119. The van der Waals surface area contributed by atoms with Gasteiger partial charge in [0.2, 0.25) is 5.91 Å². The van der Waals surface area contributed by atoms with E-state index in [0.29, 0.717) is 22.2 Å². The Kier molecular flexibility index (Phi) is 3.97. The third-order valence-corrected chi connectivity index (χ3v) is 4.73. The van der Waals surface area contributed by atoms with Gasteiger partial charge in [0.05, 0.1) is 12.2 Å². The Morgan fingerprint density at radius 1 is 1.19 bits per heavy atom. The molecule has 1 heterocycles. The molecule has 1 aliphatic heterocycles. The average Bonchev–Trinajstić information content (AvgIpc) is 2.67. The van der Waals surface area contributed by atoms with E-state index >= 15 is 0 Å². The van der Waals surface area contributed by atoms with E-state index in [4.69, 9.17) is 28.9 Å². The third kappa shape index (κ3) is 2.57. The number of halogens is 3. The number of carbonyl (C=O) groups excluding carboxylic acids is 1. The van der Waals surface area contributed by atoms with Crippen molar-refractivity contribution in [2.45, 2.75) is 12.6 Å². The molecule has 108 valence electrons. The van der Waals surface area contributed by atoms with Gasteiger partial charge in [-0.05, 0) is 24.3 Å². The molecule has 0 spiro atoms. The molecule has 0 bridgehead atoms. The summed E-state index contributed by atoms with van der Waals surface area (Å²) < 4.78 is 0.887. The number of fused-ring (bicyclic) bond motifs is 1.